The number of hydrogen-bond acceptors (Lipinski definition) is 2. The Kier molecular flexibility index (Phi) is 8.19. The zero-order valence-corrected chi connectivity index (χ0v) is 31.7. The zero-order valence-electron chi connectivity index (χ0n) is 31.7. The molecule has 0 radical (unpaired) electrons. The van der Waals surface area contributed by atoms with E-state index in [9.17, 15) is 0 Å². The standard InChI is InChI=1S/C56H37NO/c1-3-12-39(13-4-1)48-20-11-17-42-22-23-44(36-53(42)48)38-24-29-45(30-25-38)57(47-33-35-52-51-19-9-10-21-54(51)58-55(52)37-47)46-31-26-43(27-32-46)56-49-18-8-7-16-41(49)28-34-50(56)40-14-5-2-6-15-40/h1-37H. The molecule has 0 aliphatic heterocycles. The largest absolute Gasteiger partial charge is 0.456 e. The molecule has 11 aromatic rings. The van der Waals surface area contributed by atoms with Gasteiger partial charge in [-0.15, -0.1) is 0 Å². The molecule has 1 heterocycles. The summed E-state index contributed by atoms with van der Waals surface area (Å²) in [7, 11) is 0. The number of furan rings is 1. The highest BCUT2D eigenvalue weighted by Gasteiger charge is 2.18. The van der Waals surface area contributed by atoms with Crippen molar-refractivity contribution in [1.82, 2.24) is 0 Å². The molecule has 0 spiro atoms. The van der Waals surface area contributed by atoms with Gasteiger partial charge in [-0.1, -0.05) is 170 Å². The first kappa shape index (κ1) is 33.6. The quantitative estimate of drug-likeness (QED) is 0.162. The molecule has 0 N–H and O–H groups in total. The van der Waals surface area contributed by atoms with Gasteiger partial charge in [0.15, 0.2) is 0 Å². The number of nitrogens with zero attached hydrogens (tertiary/aromatic N) is 1. The molecule has 0 unspecified atom stereocenters. The summed E-state index contributed by atoms with van der Waals surface area (Å²) in [5.74, 6) is 0. The highest BCUT2D eigenvalue weighted by molar-refractivity contribution is 6.07. The van der Waals surface area contributed by atoms with E-state index in [2.05, 4.69) is 217 Å². The Balaban J connectivity index is 1.02. The summed E-state index contributed by atoms with van der Waals surface area (Å²) < 4.78 is 6.42. The van der Waals surface area contributed by atoms with E-state index < -0.39 is 0 Å². The Morgan fingerprint density at radius 3 is 1.59 bits per heavy atom. The van der Waals surface area contributed by atoms with Gasteiger partial charge in [0.2, 0.25) is 0 Å². The first-order valence-corrected chi connectivity index (χ1v) is 19.8. The lowest BCUT2D eigenvalue weighted by Crippen LogP contribution is -2.09. The molecule has 1 aromatic heterocycles. The van der Waals surface area contributed by atoms with Crippen LogP contribution in [-0.2, 0) is 0 Å². The molecule has 2 heteroatoms. The lowest BCUT2D eigenvalue weighted by molar-refractivity contribution is 0.669. The van der Waals surface area contributed by atoms with Crippen molar-refractivity contribution in [2.24, 2.45) is 0 Å². The lowest BCUT2D eigenvalue weighted by Gasteiger charge is -2.26. The van der Waals surface area contributed by atoms with Crippen molar-refractivity contribution in [3.8, 4) is 44.5 Å². The van der Waals surface area contributed by atoms with Gasteiger partial charge in [-0.25, -0.2) is 0 Å². The molecule has 0 saturated heterocycles. The first-order valence-electron chi connectivity index (χ1n) is 19.8. The van der Waals surface area contributed by atoms with Crippen LogP contribution in [0.4, 0.5) is 17.1 Å². The van der Waals surface area contributed by atoms with Crippen LogP contribution in [-0.4, -0.2) is 0 Å². The third kappa shape index (κ3) is 5.91. The average Bonchev–Trinajstić information content (AvgIpc) is 3.67. The Morgan fingerprint density at radius 1 is 0.276 bits per heavy atom. The predicted molar refractivity (Wildman–Crippen MR) is 245 cm³/mol. The monoisotopic (exact) mass is 739 g/mol. The third-order valence-corrected chi connectivity index (χ3v) is 11.5. The number of rotatable bonds is 7. The molecule has 272 valence electrons. The summed E-state index contributed by atoms with van der Waals surface area (Å²) >= 11 is 0. The summed E-state index contributed by atoms with van der Waals surface area (Å²) in [5, 5.41) is 7.18. The molecule has 0 atom stereocenters. The second-order valence-corrected chi connectivity index (χ2v) is 14.9. The fourth-order valence-corrected chi connectivity index (χ4v) is 8.64. The Labute approximate surface area is 337 Å². The molecule has 2 nitrogen and oxygen atoms in total. The number of anilines is 3. The van der Waals surface area contributed by atoms with Crippen molar-refractivity contribution >= 4 is 60.5 Å². The maximum atomic E-state index is 6.42. The van der Waals surface area contributed by atoms with Gasteiger partial charge in [0, 0.05) is 33.9 Å². The molecular formula is C56H37NO. The second kappa shape index (κ2) is 14.1. The summed E-state index contributed by atoms with van der Waals surface area (Å²) in [4.78, 5) is 2.33. The van der Waals surface area contributed by atoms with Crippen molar-refractivity contribution in [3.05, 3.63) is 224 Å². The van der Waals surface area contributed by atoms with Crippen LogP contribution in [0.5, 0.6) is 0 Å². The van der Waals surface area contributed by atoms with Crippen molar-refractivity contribution in [2.45, 2.75) is 0 Å². The fraction of sp³-hybridized carbons (Fsp3) is 0. The second-order valence-electron chi connectivity index (χ2n) is 14.9. The van der Waals surface area contributed by atoms with Gasteiger partial charge in [0.05, 0.1) is 0 Å². The molecule has 58 heavy (non-hydrogen) atoms. The van der Waals surface area contributed by atoms with Crippen molar-refractivity contribution < 1.29 is 4.42 Å². The Bertz CT molecular complexity index is 3250. The van der Waals surface area contributed by atoms with Crippen LogP contribution in [0.15, 0.2) is 229 Å². The molecule has 0 bridgehead atoms. The number of benzene rings is 10. The highest BCUT2D eigenvalue weighted by Crippen LogP contribution is 2.43. The van der Waals surface area contributed by atoms with E-state index in [1.54, 1.807) is 0 Å². The Hall–Kier alpha value is -7.68. The van der Waals surface area contributed by atoms with Crippen LogP contribution >= 0.6 is 0 Å². The summed E-state index contributed by atoms with van der Waals surface area (Å²) in [6.07, 6.45) is 0. The van der Waals surface area contributed by atoms with Crippen LogP contribution < -0.4 is 4.90 Å². The molecule has 0 saturated carbocycles. The van der Waals surface area contributed by atoms with E-state index in [1.807, 2.05) is 12.1 Å². The van der Waals surface area contributed by atoms with E-state index in [0.717, 1.165) is 39.0 Å². The predicted octanol–water partition coefficient (Wildman–Crippen LogP) is 16.0. The van der Waals surface area contributed by atoms with Crippen LogP contribution in [0.25, 0.3) is 88.0 Å². The zero-order chi connectivity index (χ0) is 38.4. The van der Waals surface area contributed by atoms with Crippen LogP contribution in [0.2, 0.25) is 0 Å². The maximum Gasteiger partial charge on any atom is 0.137 e. The lowest BCUT2D eigenvalue weighted by atomic mass is 9.89. The average molecular weight is 740 g/mol. The minimum Gasteiger partial charge on any atom is -0.456 e. The van der Waals surface area contributed by atoms with Crippen LogP contribution in [0.3, 0.4) is 0 Å². The normalized spacial score (nSPS) is 11.4. The van der Waals surface area contributed by atoms with Gasteiger partial charge in [-0.05, 0) is 115 Å². The molecule has 0 aliphatic rings. The van der Waals surface area contributed by atoms with Gasteiger partial charge in [-0.2, -0.15) is 0 Å². The van der Waals surface area contributed by atoms with Gasteiger partial charge < -0.3 is 9.32 Å². The topological polar surface area (TPSA) is 16.4 Å². The molecule has 10 aromatic carbocycles. The van der Waals surface area contributed by atoms with E-state index >= 15 is 0 Å². The summed E-state index contributed by atoms with van der Waals surface area (Å²) in [6, 6.07) is 80.7. The fourth-order valence-electron chi connectivity index (χ4n) is 8.64. The van der Waals surface area contributed by atoms with Gasteiger partial charge in [0.25, 0.3) is 0 Å². The molecule has 11 rings (SSSR count). The highest BCUT2D eigenvalue weighted by atomic mass is 16.3. The number of fused-ring (bicyclic) bond motifs is 5. The first-order chi connectivity index (χ1) is 28.7. The maximum absolute atomic E-state index is 6.42. The van der Waals surface area contributed by atoms with Crippen molar-refractivity contribution in [2.75, 3.05) is 4.90 Å². The van der Waals surface area contributed by atoms with Gasteiger partial charge in [-0.3, -0.25) is 0 Å². The van der Waals surface area contributed by atoms with Crippen LogP contribution in [0.1, 0.15) is 0 Å². The van der Waals surface area contributed by atoms with Crippen molar-refractivity contribution in [3.63, 3.8) is 0 Å². The Morgan fingerprint density at radius 2 is 0.828 bits per heavy atom. The van der Waals surface area contributed by atoms with Gasteiger partial charge in [0.1, 0.15) is 11.2 Å². The van der Waals surface area contributed by atoms with Gasteiger partial charge >= 0.3 is 0 Å². The van der Waals surface area contributed by atoms with Crippen molar-refractivity contribution in [1.29, 1.82) is 0 Å². The summed E-state index contributed by atoms with van der Waals surface area (Å²) in [6.45, 7) is 0. The minimum absolute atomic E-state index is 0.866. The molecule has 0 fully saturated rings. The molecule has 0 aliphatic carbocycles. The third-order valence-electron chi connectivity index (χ3n) is 11.5. The minimum atomic E-state index is 0.866. The number of para-hydroxylation sites is 1. The van der Waals surface area contributed by atoms with Crippen LogP contribution in [0, 0.1) is 0 Å². The van der Waals surface area contributed by atoms with E-state index in [4.69, 9.17) is 4.42 Å². The SMILES string of the molecule is c1ccc(-c2ccc3ccccc3c2-c2ccc(N(c3ccc(-c4ccc5cccc(-c6ccccc6)c5c4)cc3)c3ccc4c(c3)oc3ccccc34)cc2)cc1. The van der Waals surface area contributed by atoms with E-state index in [-0.39, 0.29) is 0 Å². The number of hydrogen-bond donors (Lipinski definition) is 0. The molecular weight excluding hydrogens is 703 g/mol. The van der Waals surface area contributed by atoms with E-state index in [0.29, 0.717) is 0 Å². The van der Waals surface area contributed by atoms with E-state index in [1.165, 1.54) is 66.1 Å². The summed E-state index contributed by atoms with van der Waals surface area (Å²) in [5.41, 5.74) is 14.6. The molecule has 0 amide bonds. The smallest absolute Gasteiger partial charge is 0.137 e.